The van der Waals surface area contributed by atoms with E-state index in [1.807, 2.05) is 21.1 Å². The number of allylic oxidation sites excluding steroid dienone is 26. The monoisotopic (exact) mass is 1120 g/mol. The molecule has 0 amide bonds. The summed E-state index contributed by atoms with van der Waals surface area (Å²) in [5.41, 5.74) is 0. The smallest absolute Gasteiger partial charge is 0.306 e. The van der Waals surface area contributed by atoms with E-state index in [9.17, 15) is 19.5 Å². The molecule has 81 heavy (non-hydrogen) atoms. The number of carboxylic acid groups (broad SMARTS) is 1. The zero-order valence-electron chi connectivity index (χ0n) is 51.8. The molecule has 456 valence electrons. The maximum Gasteiger partial charge on any atom is 0.306 e. The van der Waals surface area contributed by atoms with E-state index in [-0.39, 0.29) is 38.6 Å². The molecule has 0 aromatic heterocycles. The highest BCUT2D eigenvalue weighted by molar-refractivity contribution is 5.70. The summed E-state index contributed by atoms with van der Waals surface area (Å²) in [6, 6.07) is 0. The average Bonchev–Trinajstić information content (AvgIpc) is 3.44. The third-order valence-corrected chi connectivity index (χ3v) is 12.8. The summed E-state index contributed by atoms with van der Waals surface area (Å²) in [7, 11) is 5.91. The quantitative estimate of drug-likeness (QED) is 0.0195. The lowest BCUT2D eigenvalue weighted by Gasteiger charge is -2.26. The summed E-state index contributed by atoms with van der Waals surface area (Å²) < 4.78 is 22.7. The Bertz CT molecular complexity index is 1880. The van der Waals surface area contributed by atoms with Gasteiger partial charge >= 0.3 is 11.9 Å². The van der Waals surface area contributed by atoms with Crippen LogP contribution in [0.1, 0.15) is 219 Å². The van der Waals surface area contributed by atoms with Crippen molar-refractivity contribution in [2.75, 3.05) is 47.5 Å². The number of carbonyl (C=O) groups is 3. The Kier molecular flexibility index (Phi) is 57.2. The first-order valence-electron chi connectivity index (χ1n) is 31.6. The second kappa shape index (κ2) is 61.0. The fourth-order valence-electron chi connectivity index (χ4n) is 7.99. The van der Waals surface area contributed by atoms with Crippen LogP contribution in [0.5, 0.6) is 0 Å². The Balaban J connectivity index is 4.28. The number of hydrogen-bond acceptors (Lipinski definition) is 8. The van der Waals surface area contributed by atoms with Gasteiger partial charge in [-0.1, -0.05) is 242 Å². The molecule has 2 unspecified atom stereocenters. The van der Waals surface area contributed by atoms with Gasteiger partial charge in [0.05, 0.1) is 40.3 Å². The fourth-order valence-corrected chi connectivity index (χ4v) is 7.99. The lowest BCUT2D eigenvalue weighted by Crippen LogP contribution is -2.44. The van der Waals surface area contributed by atoms with E-state index < -0.39 is 24.3 Å². The van der Waals surface area contributed by atoms with E-state index in [0.717, 1.165) is 141 Å². The molecule has 0 saturated heterocycles. The van der Waals surface area contributed by atoms with Gasteiger partial charge in [0, 0.05) is 12.8 Å². The van der Waals surface area contributed by atoms with Crippen LogP contribution < -0.4 is 5.11 Å². The van der Waals surface area contributed by atoms with Gasteiger partial charge in [-0.25, -0.2) is 0 Å². The van der Waals surface area contributed by atoms with Crippen molar-refractivity contribution in [1.29, 1.82) is 0 Å². The number of quaternary nitrogens is 1. The maximum atomic E-state index is 12.9. The predicted octanol–water partition coefficient (Wildman–Crippen LogP) is 18.0. The van der Waals surface area contributed by atoms with Crippen molar-refractivity contribution >= 4 is 17.9 Å². The minimum atomic E-state index is -1.64. The van der Waals surface area contributed by atoms with Crippen LogP contribution in [-0.2, 0) is 33.3 Å². The highest BCUT2D eigenvalue weighted by Gasteiger charge is 2.22. The van der Waals surface area contributed by atoms with Gasteiger partial charge in [0.1, 0.15) is 13.2 Å². The van der Waals surface area contributed by atoms with E-state index in [1.165, 1.54) is 44.9 Å². The number of likely N-dealkylation sites (N-methyl/N-ethyl adjacent to an activating group) is 1. The number of carboxylic acids is 1. The number of ether oxygens (including phenoxy) is 4. The Morgan fingerprint density at radius 3 is 0.988 bits per heavy atom. The molecule has 0 aliphatic carbocycles. The largest absolute Gasteiger partial charge is 0.545 e. The van der Waals surface area contributed by atoms with Crippen molar-refractivity contribution in [2.45, 2.75) is 232 Å². The molecule has 0 saturated carbocycles. The molecule has 0 rings (SSSR count). The van der Waals surface area contributed by atoms with Crippen LogP contribution in [0.2, 0.25) is 0 Å². The molecule has 0 fully saturated rings. The Hall–Kier alpha value is -5.09. The molecule has 0 aromatic carbocycles. The van der Waals surface area contributed by atoms with Gasteiger partial charge in [0.2, 0.25) is 0 Å². The van der Waals surface area contributed by atoms with Crippen LogP contribution in [0.3, 0.4) is 0 Å². The van der Waals surface area contributed by atoms with Gasteiger partial charge in [-0.3, -0.25) is 9.59 Å². The van der Waals surface area contributed by atoms with E-state index in [0.29, 0.717) is 17.4 Å². The SMILES string of the molecule is CC/C=C\C/C=C\C/C=C\C/C=C\C/C=C\C/C=C\C/C=C\C/C=C\CCCCCCCCCCC(=O)OC(COC(=O)CCCCCCCCC/C=C\C/C=C\C/C=C\C/C=C\C/C=C\CC)COC(OCC[N+](C)(C)C)C(=O)[O-]. The second-order valence-corrected chi connectivity index (χ2v) is 21.6. The summed E-state index contributed by atoms with van der Waals surface area (Å²) in [6.07, 6.45) is 87.2. The highest BCUT2D eigenvalue weighted by Crippen LogP contribution is 2.14. The summed E-state index contributed by atoms with van der Waals surface area (Å²) in [5, 5.41) is 11.8. The first kappa shape index (κ1) is 75.9. The maximum absolute atomic E-state index is 12.9. The molecule has 9 heteroatoms. The first-order valence-corrected chi connectivity index (χ1v) is 31.6. The van der Waals surface area contributed by atoms with Gasteiger partial charge < -0.3 is 33.3 Å². The van der Waals surface area contributed by atoms with Crippen molar-refractivity contribution in [1.82, 2.24) is 0 Å². The molecular formula is C72H115NO8. The van der Waals surface area contributed by atoms with Crippen molar-refractivity contribution in [3.05, 3.63) is 158 Å². The van der Waals surface area contributed by atoms with E-state index in [2.05, 4.69) is 172 Å². The zero-order valence-corrected chi connectivity index (χ0v) is 51.8. The van der Waals surface area contributed by atoms with Crippen LogP contribution in [0.4, 0.5) is 0 Å². The van der Waals surface area contributed by atoms with E-state index in [4.69, 9.17) is 18.9 Å². The summed E-state index contributed by atoms with van der Waals surface area (Å²) in [4.78, 5) is 37.4. The molecule has 0 radical (unpaired) electrons. The standard InChI is InChI=1S/C72H115NO8/c1-6-8-10-12-14-16-18-20-22-24-26-28-30-31-32-33-34-35-36-37-38-39-41-43-45-47-49-51-53-55-57-59-61-63-70(75)81-68(67-80-72(71(76)77)78-65-64-73(3,4)5)66-79-69(74)62-60-58-56-54-52-50-48-46-44-42-40-29-27-25-23-21-19-17-15-13-11-9-7-2/h8-11,14-17,20-23,26-29,31-32,34-35,37-38,41-44,68,72H,6-7,12-13,18-19,24-25,30,33,36,39-40,45-67H2,1-5H3/b10-8-,11-9-,16-14-,17-15-,22-20-,23-21-,28-26-,29-27-,32-31-,35-34-,38-37-,43-41-,44-42-. The van der Waals surface area contributed by atoms with Crippen LogP contribution >= 0.6 is 0 Å². The van der Waals surface area contributed by atoms with Gasteiger partial charge in [-0.15, -0.1) is 0 Å². The average molecular weight is 1120 g/mol. The Morgan fingerprint density at radius 1 is 0.370 bits per heavy atom. The molecular weight excluding hydrogens is 1010 g/mol. The molecule has 0 spiro atoms. The molecule has 0 heterocycles. The normalized spacial score (nSPS) is 13.8. The van der Waals surface area contributed by atoms with Gasteiger partial charge in [-0.05, 0) is 122 Å². The molecule has 0 N–H and O–H groups in total. The Morgan fingerprint density at radius 2 is 0.667 bits per heavy atom. The summed E-state index contributed by atoms with van der Waals surface area (Å²) in [6.45, 7) is 4.48. The molecule has 0 bridgehead atoms. The third kappa shape index (κ3) is 62.4. The van der Waals surface area contributed by atoms with Gasteiger partial charge in [-0.2, -0.15) is 0 Å². The van der Waals surface area contributed by atoms with Gasteiger partial charge in [0.25, 0.3) is 0 Å². The second-order valence-electron chi connectivity index (χ2n) is 21.6. The number of rotatable bonds is 56. The molecule has 0 aromatic rings. The lowest BCUT2D eigenvalue weighted by atomic mass is 10.1. The van der Waals surface area contributed by atoms with E-state index in [1.54, 1.807) is 0 Å². The van der Waals surface area contributed by atoms with Crippen molar-refractivity contribution < 1.29 is 42.9 Å². The van der Waals surface area contributed by atoms with Crippen LogP contribution in [0, 0.1) is 0 Å². The van der Waals surface area contributed by atoms with E-state index >= 15 is 0 Å². The molecule has 2 atom stereocenters. The highest BCUT2D eigenvalue weighted by atomic mass is 16.7. The predicted molar refractivity (Wildman–Crippen MR) is 342 cm³/mol. The third-order valence-electron chi connectivity index (χ3n) is 12.8. The molecule has 0 aliphatic rings. The van der Waals surface area contributed by atoms with Crippen molar-refractivity contribution in [3.8, 4) is 0 Å². The minimum Gasteiger partial charge on any atom is -0.545 e. The van der Waals surface area contributed by atoms with Crippen LogP contribution in [-0.4, -0.2) is 82.3 Å². The van der Waals surface area contributed by atoms with Gasteiger partial charge in [0.15, 0.2) is 12.4 Å². The number of hydrogen-bond donors (Lipinski definition) is 0. The number of nitrogens with zero attached hydrogens (tertiary/aromatic N) is 1. The summed E-state index contributed by atoms with van der Waals surface area (Å²) >= 11 is 0. The van der Waals surface area contributed by atoms with Crippen molar-refractivity contribution in [3.63, 3.8) is 0 Å². The number of unbranched alkanes of at least 4 members (excludes halogenated alkanes) is 15. The molecule has 9 nitrogen and oxygen atoms in total. The zero-order chi connectivity index (χ0) is 59.1. The Labute approximate surface area is 495 Å². The number of esters is 2. The minimum absolute atomic E-state index is 0.135. The lowest BCUT2D eigenvalue weighted by molar-refractivity contribution is -0.870. The molecule has 0 aliphatic heterocycles. The number of aliphatic carboxylic acids is 1. The number of carbonyl (C=O) groups excluding carboxylic acids is 3. The summed E-state index contributed by atoms with van der Waals surface area (Å²) in [5.74, 6) is -2.33. The fraction of sp³-hybridized carbons (Fsp3) is 0.597. The van der Waals surface area contributed by atoms with Crippen LogP contribution in [0.25, 0.3) is 0 Å². The van der Waals surface area contributed by atoms with Crippen molar-refractivity contribution in [2.24, 2.45) is 0 Å². The topological polar surface area (TPSA) is 111 Å². The first-order chi connectivity index (χ1) is 39.6. The van der Waals surface area contributed by atoms with Crippen LogP contribution in [0.15, 0.2) is 158 Å².